The lowest BCUT2D eigenvalue weighted by atomic mass is 9.69. The van der Waals surface area contributed by atoms with Crippen LogP contribution in [0.25, 0.3) is 0 Å². The first kappa shape index (κ1) is 19.0. The van der Waals surface area contributed by atoms with E-state index in [2.05, 4.69) is 39.9 Å². The Labute approximate surface area is 134 Å². The molecule has 1 nitrogen and oxygen atoms in total. The maximum atomic E-state index is 3.70. The molecule has 1 aliphatic rings. The summed E-state index contributed by atoms with van der Waals surface area (Å²) in [6, 6.07) is 0.637. The Morgan fingerprint density at radius 1 is 0.905 bits per heavy atom. The van der Waals surface area contributed by atoms with Crippen molar-refractivity contribution in [1.29, 1.82) is 0 Å². The molecule has 0 aliphatic heterocycles. The molecular weight excluding hydrogens is 254 g/mol. The quantitative estimate of drug-likeness (QED) is 0.485. The van der Waals surface area contributed by atoms with Crippen LogP contribution in [0.3, 0.4) is 0 Å². The molecular formula is C20H41N. The van der Waals surface area contributed by atoms with Crippen molar-refractivity contribution in [2.45, 2.75) is 98.4 Å². The molecule has 0 amide bonds. The second-order valence-corrected chi connectivity index (χ2v) is 8.10. The third-order valence-corrected chi connectivity index (χ3v) is 5.59. The van der Waals surface area contributed by atoms with Gasteiger partial charge in [-0.2, -0.15) is 0 Å². The van der Waals surface area contributed by atoms with Crippen LogP contribution in [-0.4, -0.2) is 12.6 Å². The molecule has 1 saturated carbocycles. The van der Waals surface area contributed by atoms with Crippen LogP contribution in [0.4, 0.5) is 0 Å². The molecule has 0 bridgehead atoms. The molecule has 126 valence electrons. The van der Waals surface area contributed by atoms with E-state index in [1.165, 1.54) is 64.3 Å². The molecule has 0 spiro atoms. The summed E-state index contributed by atoms with van der Waals surface area (Å²) in [6.45, 7) is 13.0. The van der Waals surface area contributed by atoms with Crippen molar-refractivity contribution in [3.05, 3.63) is 0 Å². The predicted molar refractivity (Wildman–Crippen MR) is 95.7 cm³/mol. The highest BCUT2D eigenvalue weighted by molar-refractivity contribution is 4.83. The van der Waals surface area contributed by atoms with Crippen molar-refractivity contribution in [1.82, 2.24) is 5.32 Å². The van der Waals surface area contributed by atoms with E-state index in [4.69, 9.17) is 0 Å². The van der Waals surface area contributed by atoms with Crippen LogP contribution in [0, 0.1) is 23.7 Å². The van der Waals surface area contributed by atoms with Crippen molar-refractivity contribution in [2.75, 3.05) is 6.54 Å². The van der Waals surface area contributed by atoms with Gasteiger partial charge < -0.3 is 5.32 Å². The molecule has 0 aromatic carbocycles. The zero-order chi connectivity index (χ0) is 15.7. The molecule has 1 aliphatic carbocycles. The van der Waals surface area contributed by atoms with Crippen LogP contribution in [0.5, 0.6) is 0 Å². The smallest absolute Gasteiger partial charge is 0.00104 e. The summed E-state index contributed by atoms with van der Waals surface area (Å²) >= 11 is 0. The van der Waals surface area contributed by atoms with Gasteiger partial charge in [0.1, 0.15) is 0 Å². The first-order valence-corrected chi connectivity index (χ1v) is 9.77. The lowest BCUT2D eigenvalue weighted by molar-refractivity contribution is 0.133. The summed E-state index contributed by atoms with van der Waals surface area (Å²) < 4.78 is 0. The van der Waals surface area contributed by atoms with Crippen LogP contribution in [0.15, 0.2) is 0 Å². The van der Waals surface area contributed by atoms with E-state index in [0.717, 1.165) is 23.7 Å². The summed E-state index contributed by atoms with van der Waals surface area (Å²) in [5, 5.41) is 3.70. The average molecular weight is 296 g/mol. The van der Waals surface area contributed by atoms with E-state index in [1.54, 1.807) is 0 Å². The minimum atomic E-state index is 0.637. The van der Waals surface area contributed by atoms with Gasteiger partial charge in [-0.3, -0.25) is 0 Å². The van der Waals surface area contributed by atoms with Gasteiger partial charge in [-0.15, -0.1) is 0 Å². The SMILES string of the molecule is CCCCCCCC1CC(C(C)C)CCC1CNC(C)C. The summed E-state index contributed by atoms with van der Waals surface area (Å²) in [7, 11) is 0. The van der Waals surface area contributed by atoms with Crippen LogP contribution in [0.1, 0.15) is 92.4 Å². The summed E-state index contributed by atoms with van der Waals surface area (Å²) in [4.78, 5) is 0. The van der Waals surface area contributed by atoms with E-state index in [1.807, 2.05) is 0 Å². The van der Waals surface area contributed by atoms with E-state index < -0.39 is 0 Å². The normalized spacial score (nSPS) is 26.7. The Morgan fingerprint density at radius 2 is 1.62 bits per heavy atom. The van der Waals surface area contributed by atoms with Crippen LogP contribution in [-0.2, 0) is 0 Å². The molecule has 1 fully saturated rings. The number of rotatable bonds is 10. The molecule has 21 heavy (non-hydrogen) atoms. The molecule has 1 N–H and O–H groups in total. The van der Waals surface area contributed by atoms with Crippen molar-refractivity contribution < 1.29 is 0 Å². The van der Waals surface area contributed by atoms with Crippen molar-refractivity contribution in [3.63, 3.8) is 0 Å². The molecule has 0 radical (unpaired) electrons. The van der Waals surface area contributed by atoms with Gasteiger partial charge in [-0.05, 0) is 49.5 Å². The number of hydrogen-bond donors (Lipinski definition) is 1. The Hall–Kier alpha value is -0.0400. The first-order valence-electron chi connectivity index (χ1n) is 9.77. The molecule has 3 atom stereocenters. The van der Waals surface area contributed by atoms with Crippen LogP contribution in [0.2, 0.25) is 0 Å². The Bertz CT molecular complexity index is 246. The second kappa shape index (κ2) is 10.6. The second-order valence-electron chi connectivity index (χ2n) is 8.10. The molecule has 0 aromatic heterocycles. The lowest BCUT2D eigenvalue weighted by Crippen LogP contribution is -2.36. The number of nitrogens with one attached hydrogen (secondary N) is 1. The Morgan fingerprint density at radius 3 is 2.24 bits per heavy atom. The Balaban J connectivity index is 2.40. The maximum Gasteiger partial charge on any atom is 0.00104 e. The van der Waals surface area contributed by atoms with Crippen molar-refractivity contribution in [3.8, 4) is 0 Å². The summed E-state index contributed by atoms with van der Waals surface area (Å²) in [5.74, 6) is 3.79. The van der Waals surface area contributed by atoms with Gasteiger partial charge in [0.15, 0.2) is 0 Å². The predicted octanol–water partition coefficient (Wildman–Crippen LogP) is 6.03. The molecule has 3 unspecified atom stereocenters. The average Bonchev–Trinajstić information content (AvgIpc) is 2.45. The molecule has 0 heterocycles. The van der Waals surface area contributed by atoms with Crippen molar-refractivity contribution in [2.24, 2.45) is 23.7 Å². The standard InChI is InChI=1S/C20H41N/c1-6-7-8-9-10-11-19-14-18(16(2)3)12-13-20(19)15-21-17(4)5/h16-21H,6-15H2,1-5H3. The van der Waals surface area contributed by atoms with Crippen LogP contribution < -0.4 is 5.32 Å². The van der Waals surface area contributed by atoms with Gasteiger partial charge >= 0.3 is 0 Å². The van der Waals surface area contributed by atoms with E-state index in [0.29, 0.717) is 6.04 Å². The Kier molecular flexibility index (Phi) is 9.64. The fourth-order valence-corrected chi connectivity index (χ4v) is 3.99. The van der Waals surface area contributed by atoms with Crippen LogP contribution >= 0.6 is 0 Å². The lowest BCUT2D eigenvalue weighted by Gasteiger charge is -2.38. The first-order chi connectivity index (χ1) is 10.0. The highest BCUT2D eigenvalue weighted by Gasteiger charge is 2.31. The highest BCUT2D eigenvalue weighted by Crippen LogP contribution is 2.39. The zero-order valence-corrected chi connectivity index (χ0v) is 15.5. The minimum absolute atomic E-state index is 0.637. The fraction of sp³-hybridized carbons (Fsp3) is 1.00. The maximum absolute atomic E-state index is 3.70. The third-order valence-electron chi connectivity index (χ3n) is 5.59. The highest BCUT2D eigenvalue weighted by atomic mass is 14.9. The number of unbranched alkanes of at least 4 members (excludes halogenated alkanes) is 4. The van der Waals surface area contributed by atoms with E-state index >= 15 is 0 Å². The van der Waals surface area contributed by atoms with Gasteiger partial charge in [0, 0.05) is 6.04 Å². The fourth-order valence-electron chi connectivity index (χ4n) is 3.99. The molecule has 0 saturated heterocycles. The number of hydrogen-bond acceptors (Lipinski definition) is 1. The molecule has 0 aromatic rings. The summed E-state index contributed by atoms with van der Waals surface area (Å²) in [5.41, 5.74) is 0. The summed E-state index contributed by atoms with van der Waals surface area (Å²) in [6.07, 6.45) is 13.1. The van der Waals surface area contributed by atoms with E-state index in [-0.39, 0.29) is 0 Å². The van der Waals surface area contributed by atoms with Gasteiger partial charge in [0.25, 0.3) is 0 Å². The van der Waals surface area contributed by atoms with Gasteiger partial charge in [0.2, 0.25) is 0 Å². The van der Waals surface area contributed by atoms with Gasteiger partial charge in [-0.1, -0.05) is 73.1 Å². The zero-order valence-electron chi connectivity index (χ0n) is 15.5. The topological polar surface area (TPSA) is 12.0 Å². The minimum Gasteiger partial charge on any atom is -0.314 e. The van der Waals surface area contributed by atoms with Crippen molar-refractivity contribution >= 4 is 0 Å². The molecule has 1 heteroatoms. The van der Waals surface area contributed by atoms with Gasteiger partial charge in [0.05, 0.1) is 0 Å². The van der Waals surface area contributed by atoms with E-state index in [9.17, 15) is 0 Å². The largest absolute Gasteiger partial charge is 0.314 e. The monoisotopic (exact) mass is 295 g/mol. The third kappa shape index (κ3) is 7.68. The van der Waals surface area contributed by atoms with Gasteiger partial charge in [-0.25, -0.2) is 0 Å². The molecule has 1 rings (SSSR count).